The van der Waals surface area contributed by atoms with Crippen LogP contribution in [0.15, 0.2) is 41.3 Å². The van der Waals surface area contributed by atoms with E-state index >= 15 is 0 Å². The molecule has 2 rings (SSSR count). The van der Waals surface area contributed by atoms with Gasteiger partial charge in [0.2, 0.25) is 0 Å². The summed E-state index contributed by atoms with van der Waals surface area (Å²) in [4.78, 5) is 25.4. The van der Waals surface area contributed by atoms with E-state index < -0.39 is 5.56 Å². The van der Waals surface area contributed by atoms with Gasteiger partial charge >= 0.3 is 0 Å². The van der Waals surface area contributed by atoms with E-state index in [1.807, 2.05) is 31.2 Å². The van der Waals surface area contributed by atoms with Crippen molar-refractivity contribution in [2.75, 3.05) is 0 Å². The number of carbonyl (C=O) groups is 1. The van der Waals surface area contributed by atoms with Gasteiger partial charge in [0.25, 0.3) is 11.5 Å². The van der Waals surface area contributed by atoms with Gasteiger partial charge in [-0.3, -0.25) is 9.59 Å². The molecule has 0 radical (unpaired) electrons. The molecular weight excluding hydrogens is 264 g/mol. The van der Waals surface area contributed by atoms with Crippen LogP contribution >= 0.6 is 11.6 Å². The fraction of sp³-hybridized carbons (Fsp3) is 0.143. The van der Waals surface area contributed by atoms with Crippen LogP contribution in [-0.2, 0) is 6.54 Å². The number of amides is 1. The van der Waals surface area contributed by atoms with Gasteiger partial charge in [0, 0.05) is 12.7 Å². The molecule has 1 heterocycles. The summed E-state index contributed by atoms with van der Waals surface area (Å²) in [5.41, 5.74) is 2.08. The van der Waals surface area contributed by atoms with Crippen LogP contribution in [0.2, 0.25) is 5.02 Å². The van der Waals surface area contributed by atoms with E-state index in [9.17, 15) is 9.59 Å². The first-order chi connectivity index (χ1) is 9.06. The Kier molecular flexibility index (Phi) is 4.02. The lowest BCUT2D eigenvalue weighted by molar-refractivity contribution is 0.0950. The molecular formula is C14H13ClN2O2. The first-order valence-electron chi connectivity index (χ1n) is 5.78. The van der Waals surface area contributed by atoms with E-state index in [2.05, 4.69) is 10.3 Å². The molecule has 4 nitrogen and oxygen atoms in total. The van der Waals surface area contributed by atoms with Crippen LogP contribution in [0.5, 0.6) is 0 Å². The van der Waals surface area contributed by atoms with Gasteiger partial charge in [-0.1, -0.05) is 41.4 Å². The minimum Gasteiger partial charge on any atom is -0.348 e. The quantitative estimate of drug-likeness (QED) is 0.903. The SMILES string of the molecule is Cc1cccc(CNC(=O)c2c[nH]c(=O)c(Cl)c2)c1. The summed E-state index contributed by atoms with van der Waals surface area (Å²) in [5, 5.41) is 2.77. The molecule has 1 amide bonds. The Balaban J connectivity index is 2.05. The zero-order chi connectivity index (χ0) is 13.8. The zero-order valence-corrected chi connectivity index (χ0v) is 11.1. The first-order valence-corrected chi connectivity index (χ1v) is 6.16. The lowest BCUT2D eigenvalue weighted by Gasteiger charge is -2.06. The Labute approximate surface area is 115 Å². The molecule has 2 N–H and O–H groups in total. The molecule has 5 heteroatoms. The number of benzene rings is 1. The average Bonchev–Trinajstić information content (AvgIpc) is 2.39. The smallest absolute Gasteiger partial charge is 0.266 e. The summed E-state index contributed by atoms with van der Waals surface area (Å²) in [6.07, 6.45) is 1.35. The lowest BCUT2D eigenvalue weighted by atomic mass is 10.1. The van der Waals surface area contributed by atoms with Gasteiger partial charge in [-0.15, -0.1) is 0 Å². The molecule has 0 bridgehead atoms. The Morgan fingerprint density at radius 2 is 2.16 bits per heavy atom. The molecule has 0 saturated heterocycles. The van der Waals surface area contributed by atoms with Crippen molar-refractivity contribution in [2.45, 2.75) is 13.5 Å². The molecule has 0 fully saturated rings. The number of nitrogens with one attached hydrogen (secondary N) is 2. The van der Waals surface area contributed by atoms with Crippen molar-refractivity contribution in [3.63, 3.8) is 0 Å². The molecule has 0 aliphatic heterocycles. The number of carbonyl (C=O) groups excluding carboxylic acids is 1. The van der Waals surface area contributed by atoms with Crippen molar-refractivity contribution in [1.29, 1.82) is 0 Å². The molecule has 0 spiro atoms. The van der Waals surface area contributed by atoms with Gasteiger partial charge in [0.1, 0.15) is 5.02 Å². The Bertz CT molecular complexity index is 664. The summed E-state index contributed by atoms with van der Waals surface area (Å²) in [7, 11) is 0. The highest BCUT2D eigenvalue weighted by molar-refractivity contribution is 6.30. The number of aromatic nitrogens is 1. The average molecular weight is 277 g/mol. The predicted molar refractivity (Wildman–Crippen MR) is 74.4 cm³/mol. The van der Waals surface area contributed by atoms with Crippen molar-refractivity contribution in [3.8, 4) is 0 Å². The number of aromatic amines is 1. The van der Waals surface area contributed by atoms with Crippen molar-refractivity contribution < 1.29 is 4.79 Å². The van der Waals surface area contributed by atoms with E-state index in [-0.39, 0.29) is 10.9 Å². The third kappa shape index (κ3) is 3.45. The third-order valence-electron chi connectivity index (χ3n) is 2.66. The first kappa shape index (κ1) is 13.4. The lowest BCUT2D eigenvalue weighted by Crippen LogP contribution is -2.24. The predicted octanol–water partition coefficient (Wildman–Crippen LogP) is 2.27. The highest BCUT2D eigenvalue weighted by Gasteiger charge is 2.07. The van der Waals surface area contributed by atoms with Crippen molar-refractivity contribution >= 4 is 17.5 Å². The van der Waals surface area contributed by atoms with Gasteiger partial charge < -0.3 is 10.3 Å². The van der Waals surface area contributed by atoms with Gasteiger partial charge in [0.15, 0.2) is 0 Å². The molecule has 0 unspecified atom stereocenters. The topological polar surface area (TPSA) is 62.0 Å². The maximum Gasteiger partial charge on any atom is 0.266 e. The highest BCUT2D eigenvalue weighted by Crippen LogP contribution is 2.06. The van der Waals surface area contributed by atoms with Crippen LogP contribution in [0, 0.1) is 6.92 Å². The molecule has 0 aliphatic rings. The van der Waals surface area contributed by atoms with Crippen LogP contribution in [0.4, 0.5) is 0 Å². The number of H-pyrrole nitrogens is 1. The van der Waals surface area contributed by atoms with Crippen LogP contribution < -0.4 is 10.9 Å². The molecule has 19 heavy (non-hydrogen) atoms. The summed E-state index contributed by atoms with van der Waals surface area (Å²) < 4.78 is 0. The Hall–Kier alpha value is -2.07. The largest absolute Gasteiger partial charge is 0.348 e. The zero-order valence-electron chi connectivity index (χ0n) is 10.4. The molecule has 2 aromatic rings. The maximum atomic E-state index is 11.9. The van der Waals surface area contributed by atoms with E-state index in [0.717, 1.165) is 11.1 Å². The van der Waals surface area contributed by atoms with Gasteiger partial charge in [0.05, 0.1) is 5.56 Å². The van der Waals surface area contributed by atoms with E-state index in [1.54, 1.807) is 0 Å². The Morgan fingerprint density at radius 3 is 2.84 bits per heavy atom. The molecule has 98 valence electrons. The Morgan fingerprint density at radius 1 is 1.37 bits per heavy atom. The highest BCUT2D eigenvalue weighted by atomic mass is 35.5. The van der Waals surface area contributed by atoms with Crippen LogP contribution in [0.3, 0.4) is 0 Å². The monoisotopic (exact) mass is 276 g/mol. The fourth-order valence-electron chi connectivity index (χ4n) is 1.69. The second-order valence-corrected chi connectivity index (χ2v) is 4.64. The van der Waals surface area contributed by atoms with Gasteiger partial charge in [-0.05, 0) is 18.6 Å². The fourth-order valence-corrected chi connectivity index (χ4v) is 1.87. The number of hydrogen-bond donors (Lipinski definition) is 2. The van der Waals surface area contributed by atoms with Crippen molar-refractivity contribution in [1.82, 2.24) is 10.3 Å². The minimum atomic E-state index is -0.406. The number of halogens is 1. The van der Waals surface area contributed by atoms with Crippen LogP contribution in [-0.4, -0.2) is 10.9 Å². The normalized spacial score (nSPS) is 10.2. The summed E-state index contributed by atoms with van der Waals surface area (Å²) in [5.74, 6) is -0.278. The number of rotatable bonds is 3. The standard InChI is InChI=1S/C14H13ClN2O2/c1-9-3-2-4-10(5-9)7-16-13(18)11-6-12(15)14(19)17-8-11/h2-6,8H,7H2,1H3,(H,16,18)(H,17,19). The van der Waals surface area contributed by atoms with E-state index in [4.69, 9.17) is 11.6 Å². The summed E-state index contributed by atoms with van der Waals surface area (Å²) >= 11 is 5.67. The molecule has 1 aromatic carbocycles. The second-order valence-electron chi connectivity index (χ2n) is 4.24. The van der Waals surface area contributed by atoms with Crippen LogP contribution in [0.25, 0.3) is 0 Å². The van der Waals surface area contributed by atoms with Crippen LogP contribution in [0.1, 0.15) is 21.5 Å². The minimum absolute atomic E-state index is 0.00297. The summed E-state index contributed by atoms with van der Waals surface area (Å²) in [6.45, 7) is 2.42. The van der Waals surface area contributed by atoms with Crippen molar-refractivity contribution in [3.05, 3.63) is 68.6 Å². The maximum absolute atomic E-state index is 11.9. The van der Waals surface area contributed by atoms with Crippen molar-refractivity contribution in [2.24, 2.45) is 0 Å². The summed E-state index contributed by atoms with van der Waals surface area (Å²) in [6, 6.07) is 9.22. The number of aryl methyl sites for hydroxylation is 1. The third-order valence-corrected chi connectivity index (χ3v) is 2.94. The van der Waals surface area contributed by atoms with E-state index in [1.165, 1.54) is 12.3 Å². The second kappa shape index (κ2) is 5.71. The number of pyridine rings is 1. The number of hydrogen-bond acceptors (Lipinski definition) is 2. The molecule has 0 aliphatic carbocycles. The van der Waals surface area contributed by atoms with Gasteiger partial charge in [-0.25, -0.2) is 0 Å². The van der Waals surface area contributed by atoms with Gasteiger partial charge in [-0.2, -0.15) is 0 Å². The molecule has 0 saturated carbocycles. The van der Waals surface area contributed by atoms with E-state index in [0.29, 0.717) is 12.1 Å². The molecule has 0 atom stereocenters. The molecule has 1 aromatic heterocycles.